The number of ether oxygens (including phenoxy) is 1. The maximum absolute atomic E-state index is 11.4. The molecule has 1 aromatic rings. The third-order valence-corrected chi connectivity index (χ3v) is 2.47. The van der Waals surface area contributed by atoms with Gasteiger partial charge in [-0.05, 0) is 18.6 Å². The zero-order chi connectivity index (χ0) is 10.8. The number of carbonyl (C=O) groups excluding carboxylic acids is 1. The quantitative estimate of drug-likeness (QED) is 0.475. The van der Waals surface area contributed by atoms with Crippen molar-refractivity contribution in [3.8, 4) is 11.8 Å². The normalized spacial score (nSPS) is 12.8. The summed E-state index contributed by atoms with van der Waals surface area (Å²) in [7, 11) is 0. The molecule has 0 saturated carbocycles. The van der Waals surface area contributed by atoms with E-state index in [1.165, 1.54) is 0 Å². The number of benzene rings is 1. The van der Waals surface area contributed by atoms with Gasteiger partial charge in [0.25, 0.3) is 0 Å². The van der Waals surface area contributed by atoms with Crippen LogP contribution in [0.4, 0.5) is 0 Å². The highest BCUT2D eigenvalue weighted by atomic mass is 16.5. The summed E-state index contributed by atoms with van der Waals surface area (Å²) in [6, 6.07) is 3.88. The second-order valence-electron chi connectivity index (χ2n) is 3.52. The van der Waals surface area contributed by atoms with Gasteiger partial charge < -0.3 is 4.74 Å². The lowest BCUT2D eigenvalue weighted by molar-refractivity contribution is 0.0534. The highest BCUT2D eigenvalue weighted by molar-refractivity contribution is 5.95. The van der Waals surface area contributed by atoms with Crippen LogP contribution in [0.5, 0.6) is 0 Å². The number of rotatable bonds is 0. The summed E-state index contributed by atoms with van der Waals surface area (Å²) in [6.07, 6.45) is 0.817. The minimum atomic E-state index is -0.220. The molecular formula is C13H12O2. The predicted octanol–water partition coefficient (Wildman–Crippen LogP) is 2.43. The Morgan fingerprint density at radius 1 is 1.47 bits per heavy atom. The van der Waals surface area contributed by atoms with Crippen LogP contribution in [0.15, 0.2) is 12.1 Å². The molecule has 0 bridgehead atoms. The fraction of sp³-hybridized carbons (Fsp3) is 0.308. The van der Waals surface area contributed by atoms with E-state index in [2.05, 4.69) is 11.8 Å². The summed E-state index contributed by atoms with van der Waals surface area (Å²) in [5.41, 5.74) is 3.54. The molecule has 0 aliphatic carbocycles. The lowest BCUT2D eigenvalue weighted by Gasteiger charge is -2.01. The van der Waals surface area contributed by atoms with E-state index in [1.54, 1.807) is 0 Å². The fourth-order valence-electron chi connectivity index (χ4n) is 1.71. The third-order valence-electron chi connectivity index (χ3n) is 2.47. The molecule has 0 radical (unpaired) electrons. The first-order valence-electron chi connectivity index (χ1n) is 5.02. The molecule has 15 heavy (non-hydrogen) atoms. The first-order valence-corrected chi connectivity index (χ1v) is 5.02. The SMILES string of the molecule is CCC#Cc1ccc(C)c2c1COC2=O. The van der Waals surface area contributed by atoms with Crippen LogP contribution in [-0.2, 0) is 11.3 Å². The summed E-state index contributed by atoms with van der Waals surface area (Å²) < 4.78 is 5.02. The summed E-state index contributed by atoms with van der Waals surface area (Å²) in [5, 5.41) is 0. The van der Waals surface area contributed by atoms with Crippen molar-refractivity contribution < 1.29 is 9.53 Å². The number of aryl methyl sites for hydroxylation is 1. The van der Waals surface area contributed by atoms with E-state index in [9.17, 15) is 4.79 Å². The van der Waals surface area contributed by atoms with Crippen molar-refractivity contribution >= 4 is 5.97 Å². The number of cyclic esters (lactones) is 1. The van der Waals surface area contributed by atoms with Gasteiger partial charge in [-0.1, -0.05) is 24.8 Å². The van der Waals surface area contributed by atoms with Crippen molar-refractivity contribution in [2.45, 2.75) is 26.9 Å². The topological polar surface area (TPSA) is 26.3 Å². The minimum absolute atomic E-state index is 0.220. The maximum Gasteiger partial charge on any atom is 0.339 e. The molecule has 0 amide bonds. The van der Waals surface area contributed by atoms with Gasteiger partial charge in [0.1, 0.15) is 6.61 Å². The first kappa shape index (κ1) is 9.79. The van der Waals surface area contributed by atoms with Gasteiger partial charge in [-0.3, -0.25) is 0 Å². The van der Waals surface area contributed by atoms with Crippen molar-refractivity contribution in [1.82, 2.24) is 0 Å². The Morgan fingerprint density at radius 3 is 3.00 bits per heavy atom. The van der Waals surface area contributed by atoms with E-state index in [-0.39, 0.29) is 5.97 Å². The van der Waals surface area contributed by atoms with E-state index in [4.69, 9.17) is 4.74 Å². The van der Waals surface area contributed by atoms with Gasteiger partial charge in [-0.25, -0.2) is 4.79 Å². The van der Waals surface area contributed by atoms with Crippen LogP contribution in [0.1, 0.15) is 40.4 Å². The van der Waals surface area contributed by atoms with E-state index in [1.807, 2.05) is 26.0 Å². The Kier molecular flexibility index (Phi) is 2.47. The molecule has 0 unspecified atom stereocenters. The smallest absolute Gasteiger partial charge is 0.339 e. The first-order chi connectivity index (χ1) is 7.24. The highest BCUT2D eigenvalue weighted by Crippen LogP contribution is 2.26. The molecule has 2 heteroatoms. The highest BCUT2D eigenvalue weighted by Gasteiger charge is 2.25. The number of carbonyl (C=O) groups is 1. The van der Waals surface area contributed by atoms with Gasteiger partial charge in [-0.2, -0.15) is 0 Å². The molecule has 1 aliphatic heterocycles. The van der Waals surface area contributed by atoms with Crippen LogP contribution in [-0.4, -0.2) is 5.97 Å². The summed E-state index contributed by atoms with van der Waals surface area (Å²) in [6.45, 7) is 4.29. The number of esters is 1. The standard InChI is InChI=1S/C13H12O2/c1-3-4-5-10-7-6-9(2)12-11(10)8-15-13(12)14/h6-7H,3,8H2,1-2H3. The number of hydrogen-bond donors (Lipinski definition) is 0. The lowest BCUT2D eigenvalue weighted by Crippen LogP contribution is -1.97. The van der Waals surface area contributed by atoms with Gasteiger partial charge in [0.2, 0.25) is 0 Å². The molecule has 76 valence electrons. The monoisotopic (exact) mass is 200 g/mol. The number of hydrogen-bond acceptors (Lipinski definition) is 2. The minimum Gasteiger partial charge on any atom is -0.457 e. The predicted molar refractivity (Wildman–Crippen MR) is 57.5 cm³/mol. The molecule has 1 aliphatic rings. The zero-order valence-corrected chi connectivity index (χ0v) is 8.89. The zero-order valence-electron chi connectivity index (χ0n) is 8.89. The van der Waals surface area contributed by atoms with Crippen LogP contribution in [0.3, 0.4) is 0 Å². The molecule has 2 rings (SSSR count). The van der Waals surface area contributed by atoms with Crippen LogP contribution in [0.2, 0.25) is 0 Å². The van der Waals surface area contributed by atoms with E-state index in [0.29, 0.717) is 12.2 Å². The Labute approximate surface area is 89.3 Å². The molecule has 0 N–H and O–H groups in total. The average Bonchev–Trinajstić information content (AvgIpc) is 2.61. The van der Waals surface area contributed by atoms with Crippen molar-refractivity contribution in [2.24, 2.45) is 0 Å². The molecule has 0 spiro atoms. The van der Waals surface area contributed by atoms with Gasteiger partial charge in [0.05, 0.1) is 5.56 Å². The van der Waals surface area contributed by atoms with Gasteiger partial charge in [-0.15, -0.1) is 0 Å². The molecule has 1 aromatic carbocycles. The second-order valence-corrected chi connectivity index (χ2v) is 3.52. The van der Waals surface area contributed by atoms with E-state index in [0.717, 1.165) is 23.1 Å². The molecular weight excluding hydrogens is 188 g/mol. The van der Waals surface area contributed by atoms with Crippen molar-refractivity contribution in [3.05, 3.63) is 34.4 Å². The lowest BCUT2D eigenvalue weighted by atomic mass is 9.99. The van der Waals surface area contributed by atoms with E-state index >= 15 is 0 Å². The second kappa shape index (κ2) is 3.78. The molecule has 2 nitrogen and oxygen atoms in total. The Morgan fingerprint density at radius 2 is 2.27 bits per heavy atom. The van der Waals surface area contributed by atoms with E-state index < -0.39 is 0 Å². The number of fused-ring (bicyclic) bond motifs is 1. The van der Waals surface area contributed by atoms with Crippen LogP contribution in [0.25, 0.3) is 0 Å². The summed E-state index contributed by atoms with van der Waals surface area (Å²) in [4.78, 5) is 11.4. The third kappa shape index (κ3) is 1.61. The van der Waals surface area contributed by atoms with Crippen LogP contribution in [0, 0.1) is 18.8 Å². The van der Waals surface area contributed by atoms with Crippen molar-refractivity contribution in [2.75, 3.05) is 0 Å². The molecule has 0 aromatic heterocycles. The molecule has 0 atom stereocenters. The largest absolute Gasteiger partial charge is 0.457 e. The Balaban J connectivity index is 2.57. The van der Waals surface area contributed by atoms with Crippen molar-refractivity contribution in [1.29, 1.82) is 0 Å². The summed E-state index contributed by atoms with van der Waals surface area (Å²) in [5.74, 6) is 5.85. The molecule has 0 saturated heterocycles. The molecule has 1 heterocycles. The van der Waals surface area contributed by atoms with Crippen LogP contribution >= 0.6 is 0 Å². The van der Waals surface area contributed by atoms with Crippen molar-refractivity contribution in [3.63, 3.8) is 0 Å². The summed E-state index contributed by atoms with van der Waals surface area (Å²) >= 11 is 0. The average molecular weight is 200 g/mol. The van der Waals surface area contributed by atoms with Gasteiger partial charge >= 0.3 is 5.97 Å². The van der Waals surface area contributed by atoms with Crippen LogP contribution < -0.4 is 0 Å². The maximum atomic E-state index is 11.4. The fourth-order valence-corrected chi connectivity index (χ4v) is 1.71. The van der Waals surface area contributed by atoms with Gasteiger partial charge in [0, 0.05) is 17.5 Å². The Bertz CT molecular complexity index is 475. The molecule has 0 fully saturated rings. The van der Waals surface area contributed by atoms with Gasteiger partial charge in [0.15, 0.2) is 0 Å². The Hall–Kier alpha value is -1.75.